The molecule has 1 atom stereocenters. The number of rotatable bonds is 7. The molecule has 3 aromatic heterocycles. The Morgan fingerprint density at radius 3 is 2.65 bits per heavy atom. The lowest BCUT2D eigenvalue weighted by molar-refractivity contribution is -0.0402. The Morgan fingerprint density at radius 1 is 1.23 bits per heavy atom. The molecule has 0 bridgehead atoms. The van der Waals surface area contributed by atoms with Crippen molar-refractivity contribution in [1.82, 2.24) is 15.0 Å². The maximum absolute atomic E-state index is 9.73. The highest BCUT2D eigenvalue weighted by atomic mass is 32.2. The molecule has 0 saturated heterocycles. The lowest BCUT2D eigenvalue weighted by atomic mass is 9.88. The van der Waals surface area contributed by atoms with Crippen molar-refractivity contribution in [3.05, 3.63) is 16.8 Å². The second-order valence-corrected chi connectivity index (χ2v) is 11.1. The summed E-state index contributed by atoms with van der Waals surface area (Å²) in [5.41, 5.74) is 4.46. The van der Waals surface area contributed by atoms with Gasteiger partial charge in [0.2, 0.25) is 0 Å². The summed E-state index contributed by atoms with van der Waals surface area (Å²) in [5, 5.41) is 15.1. The molecule has 0 fully saturated rings. The molecule has 3 aromatic rings. The molecule has 0 amide bonds. The summed E-state index contributed by atoms with van der Waals surface area (Å²) in [4.78, 5) is 15.8. The Labute approximate surface area is 192 Å². The highest BCUT2D eigenvalue weighted by Gasteiger charge is 2.32. The molecule has 4 rings (SSSR count). The monoisotopic (exact) mass is 460 g/mol. The molecule has 0 unspecified atom stereocenters. The third kappa shape index (κ3) is 4.40. The Balaban J connectivity index is 2.01. The predicted octanol–water partition coefficient (Wildman–Crippen LogP) is 5.19. The Kier molecular flexibility index (Phi) is 6.45. The van der Waals surface area contributed by atoms with Gasteiger partial charge in [-0.2, -0.15) is 0 Å². The summed E-state index contributed by atoms with van der Waals surface area (Å²) >= 11 is 3.19. The van der Waals surface area contributed by atoms with Gasteiger partial charge in [-0.3, -0.25) is 0 Å². The van der Waals surface area contributed by atoms with Gasteiger partial charge >= 0.3 is 0 Å². The van der Waals surface area contributed by atoms with Crippen molar-refractivity contribution < 1.29 is 9.84 Å². The van der Waals surface area contributed by atoms with Gasteiger partial charge in [0.25, 0.3) is 0 Å². The largest absolute Gasteiger partial charge is 0.394 e. The standard InChI is InChI=1S/C23H32N4O2S2/c1-7-13(10-28)24-20-19-18(26-22(27-20)30-6)17-14-9-23(4,5)29-11-15(14)16(8-12(2)3)25-21(17)31-19/h12-13,28H,7-11H2,1-6H3,(H,24,26,27)/t13-/m0/s1. The zero-order chi connectivity index (χ0) is 22.3. The first-order valence-electron chi connectivity index (χ1n) is 11.0. The molecule has 31 heavy (non-hydrogen) atoms. The molecule has 1 aliphatic rings. The molecule has 2 N–H and O–H groups in total. The van der Waals surface area contributed by atoms with Crippen LogP contribution in [0, 0.1) is 5.92 Å². The summed E-state index contributed by atoms with van der Waals surface area (Å²) in [6, 6.07) is -0.0382. The number of thiophene rings is 1. The Bertz CT molecular complexity index is 1110. The number of ether oxygens (including phenoxy) is 1. The smallest absolute Gasteiger partial charge is 0.189 e. The van der Waals surface area contributed by atoms with E-state index >= 15 is 0 Å². The maximum Gasteiger partial charge on any atom is 0.189 e. The summed E-state index contributed by atoms with van der Waals surface area (Å²) in [6.45, 7) is 11.5. The fourth-order valence-electron chi connectivity index (χ4n) is 4.14. The van der Waals surface area contributed by atoms with Crippen molar-refractivity contribution in [1.29, 1.82) is 0 Å². The molecular weight excluding hydrogens is 428 g/mol. The van der Waals surface area contributed by atoms with Crippen LogP contribution in [-0.2, 0) is 24.2 Å². The predicted molar refractivity (Wildman–Crippen MR) is 130 cm³/mol. The summed E-state index contributed by atoms with van der Waals surface area (Å²) in [7, 11) is 0. The molecule has 0 spiro atoms. The summed E-state index contributed by atoms with van der Waals surface area (Å²) in [5.74, 6) is 1.32. The van der Waals surface area contributed by atoms with Crippen molar-refractivity contribution in [3.8, 4) is 0 Å². The average molecular weight is 461 g/mol. The van der Waals surface area contributed by atoms with E-state index in [-0.39, 0.29) is 18.2 Å². The van der Waals surface area contributed by atoms with E-state index in [1.54, 1.807) is 11.3 Å². The van der Waals surface area contributed by atoms with Gasteiger partial charge in [0.1, 0.15) is 10.6 Å². The van der Waals surface area contributed by atoms with Crippen LogP contribution in [0.5, 0.6) is 0 Å². The third-order valence-corrected chi connectivity index (χ3v) is 7.42. The normalized spacial score (nSPS) is 16.8. The van der Waals surface area contributed by atoms with Crippen LogP contribution in [0.2, 0.25) is 0 Å². The van der Waals surface area contributed by atoms with Crippen LogP contribution in [0.25, 0.3) is 20.4 Å². The van der Waals surface area contributed by atoms with E-state index in [1.165, 1.54) is 22.9 Å². The van der Waals surface area contributed by atoms with Crippen LogP contribution in [-0.4, -0.2) is 44.6 Å². The molecule has 0 aliphatic carbocycles. The third-order valence-electron chi connectivity index (χ3n) is 5.79. The van der Waals surface area contributed by atoms with Gasteiger partial charge in [0, 0.05) is 23.1 Å². The van der Waals surface area contributed by atoms with Gasteiger partial charge in [-0.15, -0.1) is 11.3 Å². The second kappa shape index (κ2) is 8.81. The number of nitrogens with one attached hydrogen (secondary N) is 1. The number of hydrogen-bond donors (Lipinski definition) is 2. The highest BCUT2D eigenvalue weighted by Crippen LogP contribution is 2.43. The van der Waals surface area contributed by atoms with Crippen molar-refractivity contribution in [2.24, 2.45) is 5.92 Å². The Morgan fingerprint density at radius 2 is 2.00 bits per heavy atom. The fraction of sp³-hybridized carbons (Fsp3) is 0.609. The molecule has 8 heteroatoms. The first-order chi connectivity index (χ1) is 14.8. The van der Waals surface area contributed by atoms with Crippen molar-refractivity contribution in [3.63, 3.8) is 0 Å². The van der Waals surface area contributed by atoms with Gasteiger partial charge in [-0.25, -0.2) is 15.0 Å². The molecule has 0 radical (unpaired) electrons. The minimum Gasteiger partial charge on any atom is -0.394 e. The van der Waals surface area contributed by atoms with Gasteiger partial charge in [-0.1, -0.05) is 32.5 Å². The maximum atomic E-state index is 9.73. The SMILES string of the molecule is CC[C@@H](CO)Nc1nc(SC)nc2c1sc1nc(CC(C)C)c3c(c12)CC(C)(C)OC3. The van der Waals surface area contributed by atoms with Crippen LogP contribution in [0.15, 0.2) is 5.16 Å². The zero-order valence-corrected chi connectivity index (χ0v) is 20.8. The van der Waals surface area contributed by atoms with E-state index in [1.807, 2.05) is 6.26 Å². The highest BCUT2D eigenvalue weighted by molar-refractivity contribution is 7.98. The fourth-order valence-corrected chi connectivity index (χ4v) is 5.62. The van der Waals surface area contributed by atoms with Crippen molar-refractivity contribution in [2.75, 3.05) is 18.2 Å². The molecular formula is C23H32N4O2S2. The topological polar surface area (TPSA) is 80.2 Å². The second-order valence-electron chi connectivity index (χ2n) is 9.29. The number of aliphatic hydroxyl groups is 1. The van der Waals surface area contributed by atoms with E-state index in [2.05, 4.69) is 39.9 Å². The number of aromatic nitrogens is 3. The van der Waals surface area contributed by atoms with Crippen molar-refractivity contribution in [2.45, 2.75) is 77.3 Å². The van der Waals surface area contributed by atoms with Gasteiger partial charge in [0.05, 0.1) is 35.1 Å². The van der Waals surface area contributed by atoms with E-state index < -0.39 is 0 Å². The minimum absolute atomic E-state index is 0.0382. The first kappa shape index (κ1) is 22.7. The summed E-state index contributed by atoms with van der Waals surface area (Å²) in [6.07, 6.45) is 4.59. The van der Waals surface area contributed by atoms with Gasteiger partial charge < -0.3 is 15.2 Å². The van der Waals surface area contributed by atoms with Gasteiger partial charge in [0.15, 0.2) is 5.16 Å². The number of pyridine rings is 1. The van der Waals surface area contributed by atoms with E-state index in [4.69, 9.17) is 19.7 Å². The molecule has 168 valence electrons. The van der Waals surface area contributed by atoms with Crippen LogP contribution in [0.1, 0.15) is 57.9 Å². The van der Waals surface area contributed by atoms with Crippen LogP contribution < -0.4 is 5.32 Å². The van der Waals surface area contributed by atoms with E-state index in [9.17, 15) is 5.11 Å². The number of thioether (sulfide) groups is 1. The lowest BCUT2D eigenvalue weighted by Crippen LogP contribution is -2.33. The lowest BCUT2D eigenvalue weighted by Gasteiger charge is -2.33. The molecule has 0 aromatic carbocycles. The van der Waals surface area contributed by atoms with Crippen LogP contribution in [0.4, 0.5) is 5.82 Å². The zero-order valence-electron chi connectivity index (χ0n) is 19.2. The average Bonchev–Trinajstić information content (AvgIpc) is 3.09. The van der Waals surface area contributed by atoms with E-state index in [0.717, 1.165) is 56.4 Å². The molecule has 6 nitrogen and oxygen atoms in total. The molecule has 1 aliphatic heterocycles. The van der Waals surface area contributed by atoms with Crippen LogP contribution >= 0.6 is 23.1 Å². The molecule has 4 heterocycles. The number of aliphatic hydroxyl groups excluding tert-OH is 1. The molecule has 0 saturated carbocycles. The Hall–Kier alpha value is -1.48. The first-order valence-corrected chi connectivity index (χ1v) is 13.0. The van der Waals surface area contributed by atoms with Crippen molar-refractivity contribution >= 4 is 49.3 Å². The van der Waals surface area contributed by atoms with Gasteiger partial charge in [-0.05, 0) is 44.4 Å². The quantitative estimate of drug-likeness (QED) is 0.371. The number of anilines is 1. The number of nitrogens with zero attached hydrogens (tertiary/aromatic N) is 3. The van der Waals surface area contributed by atoms with E-state index in [0.29, 0.717) is 12.5 Å². The van der Waals surface area contributed by atoms with Crippen LogP contribution in [0.3, 0.4) is 0 Å². The minimum atomic E-state index is -0.217. The number of hydrogen-bond acceptors (Lipinski definition) is 8. The summed E-state index contributed by atoms with van der Waals surface area (Å²) < 4.78 is 7.20. The number of fused-ring (bicyclic) bond motifs is 5.